The number of fused-ring (bicyclic) bond motifs is 2. The van der Waals surface area contributed by atoms with Gasteiger partial charge in [0.1, 0.15) is 0 Å². The largest absolute Gasteiger partial charge is 0.342 e. The van der Waals surface area contributed by atoms with E-state index in [-0.39, 0.29) is 5.91 Å². The zero-order valence-corrected chi connectivity index (χ0v) is 20.5. The Morgan fingerprint density at radius 1 is 0.853 bits per heavy atom. The van der Waals surface area contributed by atoms with Crippen LogP contribution < -0.4 is 5.48 Å². The van der Waals surface area contributed by atoms with Gasteiger partial charge in [-0.15, -0.1) is 0 Å². The average Bonchev–Trinajstić information content (AvgIpc) is 2.99. The third-order valence-corrected chi connectivity index (χ3v) is 7.09. The summed E-state index contributed by atoms with van der Waals surface area (Å²) in [7, 11) is 0. The van der Waals surface area contributed by atoms with Crippen molar-refractivity contribution in [3.8, 4) is 0 Å². The number of benzene rings is 2. The highest BCUT2D eigenvalue weighted by Gasteiger charge is 2.41. The van der Waals surface area contributed by atoms with Crippen LogP contribution in [0.25, 0.3) is 17.7 Å². The Labute approximate surface area is 202 Å². The summed E-state index contributed by atoms with van der Waals surface area (Å²) in [4.78, 5) is 27.4. The van der Waals surface area contributed by atoms with Crippen molar-refractivity contribution >= 4 is 29.5 Å². The van der Waals surface area contributed by atoms with E-state index >= 15 is 0 Å². The number of hydroxylamine groups is 1. The fraction of sp³-hybridized carbons (Fsp3) is 0.379. The Balaban J connectivity index is 1.59. The number of piperidine rings is 1. The Morgan fingerprint density at radius 2 is 1.35 bits per heavy atom. The van der Waals surface area contributed by atoms with E-state index in [9.17, 15) is 9.59 Å². The highest BCUT2D eigenvalue weighted by atomic mass is 16.5. The number of hydrogen-bond acceptors (Lipinski definition) is 3. The monoisotopic (exact) mass is 458 g/mol. The van der Waals surface area contributed by atoms with E-state index in [1.54, 1.807) is 19.3 Å². The first-order valence-corrected chi connectivity index (χ1v) is 12.0. The summed E-state index contributed by atoms with van der Waals surface area (Å²) in [6, 6.07) is 17.0. The molecular weight excluding hydrogens is 424 g/mol. The number of nitrogens with zero attached hydrogens (tertiary/aromatic N) is 1. The predicted octanol–water partition coefficient (Wildman–Crippen LogP) is 5.54. The third-order valence-electron chi connectivity index (χ3n) is 7.09. The molecule has 5 heteroatoms. The van der Waals surface area contributed by atoms with Crippen LogP contribution in [0, 0.1) is 10.8 Å². The van der Waals surface area contributed by atoms with E-state index in [4.69, 9.17) is 5.21 Å². The third kappa shape index (κ3) is 4.58. The van der Waals surface area contributed by atoms with Gasteiger partial charge in [0.15, 0.2) is 0 Å². The van der Waals surface area contributed by atoms with Gasteiger partial charge in [-0.2, -0.15) is 0 Å². The van der Waals surface area contributed by atoms with Crippen molar-refractivity contribution in [2.75, 3.05) is 13.1 Å². The van der Waals surface area contributed by atoms with Gasteiger partial charge in [0, 0.05) is 23.9 Å². The quantitative estimate of drug-likeness (QED) is 0.398. The van der Waals surface area contributed by atoms with Gasteiger partial charge < -0.3 is 4.90 Å². The Kier molecular flexibility index (Phi) is 6.50. The van der Waals surface area contributed by atoms with Gasteiger partial charge in [-0.25, -0.2) is 5.48 Å². The lowest BCUT2D eigenvalue weighted by Crippen LogP contribution is -2.47. The first-order valence-electron chi connectivity index (χ1n) is 12.0. The summed E-state index contributed by atoms with van der Waals surface area (Å²) in [6.45, 7) is 8.60. The topological polar surface area (TPSA) is 69.6 Å². The zero-order valence-electron chi connectivity index (χ0n) is 20.5. The van der Waals surface area contributed by atoms with Gasteiger partial charge in [-0.1, -0.05) is 94.0 Å². The molecule has 0 saturated carbocycles. The lowest BCUT2D eigenvalue weighted by atomic mass is 9.73. The molecule has 2 aliphatic rings. The standard InChI is InChI=1S/C29H34N2O3/c1-28(2,26(32)30-34)19-29(3,4)27(33)31-17-15-22(16-18-31)25-23-11-7-5-9-20(23)13-14-21-10-6-8-12-24(21)25/h5-14,34H,15-19H2,1-4H3,(H,30,32). The van der Waals surface area contributed by atoms with Crippen LogP contribution in [0.5, 0.6) is 0 Å². The van der Waals surface area contributed by atoms with Crippen molar-refractivity contribution in [3.05, 3.63) is 76.4 Å². The highest BCUT2D eigenvalue weighted by Crippen LogP contribution is 2.40. The molecule has 0 atom stereocenters. The van der Waals surface area contributed by atoms with Crippen molar-refractivity contribution in [1.29, 1.82) is 0 Å². The molecule has 0 spiro atoms. The molecule has 5 nitrogen and oxygen atoms in total. The van der Waals surface area contributed by atoms with E-state index in [1.807, 2.05) is 18.7 Å². The molecule has 0 unspecified atom stereocenters. The molecule has 0 radical (unpaired) electrons. The van der Waals surface area contributed by atoms with Crippen molar-refractivity contribution in [2.45, 2.75) is 47.0 Å². The smallest absolute Gasteiger partial charge is 0.249 e. The molecular formula is C29H34N2O3. The average molecular weight is 459 g/mol. The summed E-state index contributed by atoms with van der Waals surface area (Å²) >= 11 is 0. The fourth-order valence-electron chi connectivity index (χ4n) is 5.52. The molecule has 1 saturated heterocycles. The minimum Gasteiger partial charge on any atom is -0.342 e. The molecule has 178 valence electrons. The first kappa shape index (κ1) is 24.0. The zero-order chi connectivity index (χ0) is 24.5. The van der Waals surface area contributed by atoms with E-state index in [2.05, 4.69) is 60.7 Å². The van der Waals surface area contributed by atoms with Crippen molar-refractivity contribution < 1.29 is 14.8 Å². The normalized spacial score (nSPS) is 16.0. The van der Waals surface area contributed by atoms with Crippen LogP contribution in [0.4, 0.5) is 0 Å². The second-order valence-electron chi connectivity index (χ2n) is 10.7. The van der Waals surface area contributed by atoms with Gasteiger partial charge in [0.2, 0.25) is 11.8 Å². The minimum absolute atomic E-state index is 0.0544. The van der Waals surface area contributed by atoms with E-state index in [1.165, 1.54) is 33.4 Å². The molecule has 1 fully saturated rings. The number of nitrogens with one attached hydrogen (secondary N) is 1. The number of carbonyl (C=O) groups is 2. The summed E-state index contributed by atoms with van der Waals surface area (Å²) in [5.74, 6) is -0.419. The second kappa shape index (κ2) is 9.22. The summed E-state index contributed by atoms with van der Waals surface area (Å²) in [6.07, 6.45) is 6.36. The van der Waals surface area contributed by atoms with Crippen molar-refractivity contribution in [1.82, 2.24) is 10.4 Å². The van der Waals surface area contributed by atoms with Gasteiger partial charge in [0.25, 0.3) is 0 Å². The van der Waals surface area contributed by atoms with Crippen LogP contribution in [0.2, 0.25) is 0 Å². The number of hydrogen-bond donors (Lipinski definition) is 2. The highest BCUT2D eigenvalue weighted by molar-refractivity contribution is 5.95. The maximum absolute atomic E-state index is 13.4. The van der Waals surface area contributed by atoms with E-state index in [0.29, 0.717) is 19.5 Å². The maximum atomic E-state index is 13.4. The predicted molar refractivity (Wildman–Crippen MR) is 136 cm³/mol. The fourth-order valence-corrected chi connectivity index (χ4v) is 5.52. The van der Waals surface area contributed by atoms with Crippen LogP contribution in [0.3, 0.4) is 0 Å². The number of rotatable bonds is 4. The first-order chi connectivity index (χ1) is 16.1. The van der Waals surface area contributed by atoms with Gasteiger partial charge in [-0.05, 0) is 47.1 Å². The lowest BCUT2D eigenvalue weighted by molar-refractivity contribution is -0.146. The SMILES string of the molecule is CC(C)(CC(C)(C)C(=O)N1CCC(=C2c3ccccc3C=Cc3ccccc32)CC1)C(=O)NO. The molecule has 1 aliphatic heterocycles. The van der Waals surface area contributed by atoms with Gasteiger partial charge >= 0.3 is 0 Å². The number of likely N-dealkylation sites (tertiary alicyclic amines) is 1. The summed E-state index contributed by atoms with van der Waals surface area (Å²) in [5, 5.41) is 9.06. The second-order valence-corrected chi connectivity index (χ2v) is 10.7. The Bertz CT molecular complexity index is 1110. The lowest BCUT2D eigenvalue weighted by Gasteiger charge is -2.38. The number of carbonyl (C=O) groups excluding carboxylic acids is 2. The summed E-state index contributed by atoms with van der Waals surface area (Å²) < 4.78 is 0. The molecule has 2 aromatic carbocycles. The molecule has 0 bridgehead atoms. The molecule has 1 aliphatic carbocycles. The molecule has 0 aromatic heterocycles. The van der Waals surface area contributed by atoms with Crippen LogP contribution >= 0.6 is 0 Å². The molecule has 34 heavy (non-hydrogen) atoms. The molecule has 2 N–H and O–H groups in total. The van der Waals surface area contributed by atoms with Crippen LogP contribution in [0.15, 0.2) is 54.1 Å². The maximum Gasteiger partial charge on any atom is 0.249 e. The minimum atomic E-state index is -0.850. The van der Waals surface area contributed by atoms with E-state index in [0.717, 1.165) is 12.8 Å². The van der Waals surface area contributed by atoms with Gasteiger partial charge in [0.05, 0.1) is 0 Å². The molecule has 2 amide bonds. The van der Waals surface area contributed by atoms with Gasteiger partial charge in [-0.3, -0.25) is 14.8 Å². The Hall–Kier alpha value is -3.18. The van der Waals surface area contributed by atoms with Crippen LogP contribution in [-0.2, 0) is 9.59 Å². The molecule has 1 heterocycles. The summed E-state index contributed by atoms with van der Waals surface area (Å²) in [5.41, 5.74) is 7.76. The molecule has 2 aromatic rings. The van der Waals surface area contributed by atoms with Crippen molar-refractivity contribution in [3.63, 3.8) is 0 Å². The Morgan fingerprint density at radius 3 is 1.85 bits per heavy atom. The van der Waals surface area contributed by atoms with Crippen LogP contribution in [0.1, 0.15) is 69.2 Å². The van der Waals surface area contributed by atoms with Crippen LogP contribution in [-0.4, -0.2) is 35.0 Å². The van der Waals surface area contributed by atoms with E-state index < -0.39 is 16.7 Å². The number of amides is 2. The van der Waals surface area contributed by atoms with Crippen molar-refractivity contribution in [2.24, 2.45) is 10.8 Å². The molecule has 4 rings (SSSR count).